The number of non-ortho nitro benzene ring substituents is 1. The van der Waals surface area contributed by atoms with E-state index in [2.05, 4.69) is 11.4 Å². The average Bonchev–Trinajstić information content (AvgIpc) is 2.53. The Morgan fingerprint density at radius 1 is 1.23 bits per heavy atom. The van der Waals surface area contributed by atoms with Gasteiger partial charge in [0.15, 0.2) is 0 Å². The summed E-state index contributed by atoms with van der Waals surface area (Å²) < 4.78 is 5.49. The van der Waals surface area contributed by atoms with Crippen molar-refractivity contribution in [1.82, 2.24) is 5.32 Å². The standard InChI is InChI=1S/C16H16N2O3.ClH/c1-21-15-4-2-3-12-9-17-10-14(16(12)15)11-5-7-13(8-6-11)18(19)20;/h2-8,14,17H,9-10H2,1H3;1H. The first-order valence-electron chi connectivity index (χ1n) is 6.81. The largest absolute Gasteiger partial charge is 0.496 e. The summed E-state index contributed by atoms with van der Waals surface area (Å²) in [6.07, 6.45) is 0. The van der Waals surface area contributed by atoms with Gasteiger partial charge in [-0.3, -0.25) is 10.1 Å². The Bertz CT molecular complexity index is 659. The average molecular weight is 321 g/mol. The van der Waals surface area contributed by atoms with E-state index in [0.717, 1.165) is 24.4 Å². The fourth-order valence-corrected chi connectivity index (χ4v) is 2.88. The number of fused-ring (bicyclic) bond motifs is 1. The zero-order valence-electron chi connectivity index (χ0n) is 12.1. The molecule has 0 saturated heterocycles. The van der Waals surface area contributed by atoms with Crippen LogP contribution < -0.4 is 10.1 Å². The number of methoxy groups -OCH3 is 1. The normalized spacial score (nSPS) is 16.3. The number of hydrogen-bond acceptors (Lipinski definition) is 4. The van der Waals surface area contributed by atoms with E-state index in [0.29, 0.717) is 0 Å². The topological polar surface area (TPSA) is 64.4 Å². The molecule has 1 N–H and O–H groups in total. The Labute approximate surface area is 134 Å². The Morgan fingerprint density at radius 3 is 2.59 bits per heavy atom. The van der Waals surface area contributed by atoms with Gasteiger partial charge in [-0.05, 0) is 17.2 Å². The molecule has 0 saturated carbocycles. The highest BCUT2D eigenvalue weighted by atomic mass is 35.5. The highest BCUT2D eigenvalue weighted by Gasteiger charge is 2.25. The zero-order valence-corrected chi connectivity index (χ0v) is 12.9. The molecule has 6 heteroatoms. The van der Waals surface area contributed by atoms with Crippen molar-refractivity contribution in [2.24, 2.45) is 0 Å². The lowest BCUT2D eigenvalue weighted by Crippen LogP contribution is -2.29. The second-order valence-electron chi connectivity index (χ2n) is 5.07. The predicted molar refractivity (Wildman–Crippen MR) is 86.9 cm³/mol. The van der Waals surface area contributed by atoms with Gasteiger partial charge in [-0.1, -0.05) is 24.3 Å². The molecule has 1 heterocycles. The summed E-state index contributed by atoms with van der Waals surface area (Å²) in [5.41, 5.74) is 3.55. The van der Waals surface area contributed by atoms with Crippen LogP contribution in [0.25, 0.3) is 0 Å². The molecule has 116 valence electrons. The summed E-state index contributed by atoms with van der Waals surface area (Å²) in [7, 11) is 1.67. The number of hydrogen-bond donors (Lipinski definition) is 1. The van der Waals surface area contributed by atoms with Gasteiger partial charge in [-0.25, -0.2) is 0 Å². The van der Waals surface area contributed by atoms with Gasteiger partial charge in [0.25, 0.3) is 5.69 Å². The first-order valence-corrected chi connectivity index (χ1v) is 6.81. The van der Waals surface area contributed by atoms with Gasteiger partial charge < -0.3 is 10.1 Å². The predicted octanol–water partition coefficient (Wildman–Crippen LogP) is 3.26. The van der Waals surface area contributed by atoms with Crippen LogP contribution in [0.15, 0.2) is 42.5 Å². The van der Waals surface area contributed by atoms with Crippen molar-refractivity contribution in [1.29, 1.82) is 0 Å². The van der Waals surface area contributed by atoms with Gasteiger partial charge in [-0.15, -0.1) is 12.4 Å². The second-order valence-corrected chi connectivity index (χ2v) is 5.07. The molecule has 0 radical (unpaired) electrons. The van der Waals surface area contributed by atoms with Crippen LogP contribution in [-0.2, 0) is 6.54 Å². The van der Waals surface area contributed by atoms with Crippen molar-refractivity contribution < 1.29 is 9.66 Å². The van der Waals surface area contributed by atoms with E-state index in [9.17, 15) is 10.1 Å². The molecule has 0 aliphatic carbocycles. The molecule has 1 aliphatic heterocycles. The van der Waals surface area contributed by atoms with Crippen LogP contribution in [0.3, 0.4) is 0 Å². The number of nitrogens with zero attached hydrogens (tertiary/aromatic N) is 1. The third-order valence-electron chi connectivity index (χ3n) is 3.89. The lowest BCUT2D eigenvalue weighted by molar-refractivity contribution is -0.384. The zero-order chi connectivity index (χ0) is 14.8. The van der Waals surface area contributed by atoms with E-state index < -0.39 is 0 Å². The van der Waals surface area contributed by atoms with E-state index in [4.69, 9.17) is 4.74 Å². The molecule has 1 unspecified atom stereocenters. The van der Waals surface area contributed by atoms with Gasteiger partial charge in [-0.2, -0.15) is 0 Å². The second kappa shape index (κ2) is 6.77. The van der Waals surface area contributed by atoms with E-state index >= 15 is 0 Å². The molecule has 0 bridgehead atoms. The number of nitro groups is 1. The summed E-state index contributed by atoms with van der Waals surface area (Å²) in [6.45, 7) is 1.61. The van der Waals surface area contributed by atoms with Gasteiger partial charge in [0.05, 0.1) is 12.0 Å². The summed E-state index contributed by atoms with van der Waals surface area (Å²) >= 11 is 0. The fourth-order valence-electron chi connectivity index (χ4n) is 2.88. The molecule has 0 amide bonds. The highest BCUT2D eigenvalue weighted by molar-refractivity contribution is 5.85. The number of halogens is 1. The van der Waals surface area contributed by atoms with Gasteiger partial charge in [0.2, 0.25) is 0 Å². The molecule has 2 aromatic carbocycles. The first-order chi connectivity index (χ1) is 10.2. The van der Waals surface area contributed by atoms with Crippen molar-refractivity contribution in [2.45, 2.75) is 12.5 Å². The van der Waals surface area contributed by atoms with Crippen molar-refractivity contribution in [3.05, 3.63) is 69.3 Å². The SMILES string of the molecule is COc1cccc2c1C(c1ccc([N+](=O)[O-])cc1)CNC2.Cl. The molecule has 22 heavy (non-hydrogen) atoms. The molecule has 3 rings (SSSR count). The number of ether oxygens (including phenoxy) is 1. The molecule has 0 spiro atoms. The van der Waals surface area contributed by atoms with Crippen molar-refractivity contribution in [3.8, 4) is 5.75 Å². The van der Waals surface area contributed by atoms with Crippen LogP contribution in [-0.4, -0.2) is 18.6 Å². The Kier molecular flexibility index (Phi) is 5.00. The Morgan fingerprint density at radius 2 is 1.95 bits per heavy atom. The lowest BCUT2D eigenvalue weighted by atomic mass is 9.85. The summed E-state index contributed by atoms with van der Waals surface area (Å²) in [5.74, 6) is 1.02. The molecule has 5 nitrogen and oxygen atoms in total. The molecular weight excluding hydrogens is 304 g/mol. The number of nitro benzene ring substituents is 1. The smallest absolute Gasteiger partial charge is 0.269 e. The minimum atomic E-state index is -0.378. The number of rotatable bonds is 3. The minimum absolute atomic E-state index is 0. The van der Waals surface area contributed by atoms with Gasteiger partial charge in [0.1, 0.15) is 5.75 Å². The third-order valence-corrected chi connectivity index (χ3v) is 3.89. The molecule has 1 atom stereocenters. The number of benzene rings is 2. The Balaban J connectivity index is 0.00000176. The van der Waals surface area contributed by atoms with E-state index in [1.165, 1.54) is 11.1 Å². The summed E-state index contributed by atoms with van der Waals surface area (Å²) in [4.78, 5) is 10.4. The molecule has 0 fully saturated rings. The van der Waals surface area contributed by atoms with Crippen molar-refractivity contribution >= 4 is 18.1 Å². The van der Waals surface area contributed by atoms with Crippen LogP contribution in [0.2, 0.25) is 0 Å². The molecule has 0 aromatic heterocycles. The van der Waals surface area contributed by atoms with Crippen LogP contribution in [0.4, 0.5) is 5.69 Å². The van der Waals surface area contributed by atoms with Crippen LogP contribution >= 0.6 is 12.4 Å². The maximum absolute atomic E-state index is 10.8. The van der Waals surface area contributed by atoms with Gasteiger partial charge >= 0.3 is 0 Å². The van der Waals surface area contributed by atoms with Gasteiger partial charge in [0, 0.05) is 36.7 Å². The lowest BCUT2D eigenvalue weighted by Gasteiger charge is -2.28. The van der Waals surface area contributed by atoms with E-state index in [1.807, 2.05) is 24.3 Å². The highest BCUT2D eigenvalue weighted by Crippen LogP contribution is 2.37. The summed E-state index contributed by atoms with van der Waals surface area (Å²) in [6, 6.07) is 12.8. The maximum atomic E-state index is 10.8. The molecule has 1 aliphatic rings. The minimum Gasteiger partial charge on any atom is -0.496 e. The van der Waals surface area contributed by atoms with Crippen LogP contribution in [0.1, 0.15) is 22.6 Å². The fraction of sp³-hybridized carbons (Fsp3) is 0.250. The third kappa shape index (κ3) is 2.91. The first kappa shape index (κ1) is 16.3. The Hall–Kier alpha value is -2.11. The number of nitrogens with one attached hydrogen (secondary N) is 1. The van der Waals surface area contributed by atoms with Crippen molar-refractivity contribution in [3.63, 3.8) is 0 Å². The quantitative estimate of drug-likeness (QED) is 0.696. The van der Waals surface area contributed by atoms with E-state index in [-0.39, 0.29) is 28.9 Å². The van der Waals surface area contributed by atoms with E-state index in [1.54, 1.807) is 19.2 Å². The summed E-state index contributed by atoms with van der Waals surface area (Å²) in [5, 5.41) is 14.1. The van der Waals surface area contributed by atoms with Crippen LogP contribution in [0, 0.1) is 10.1 Å². The molecule has 2 aromatic rings. The van der Waals surface area contributed by atoms with Crippen molar-refractivity contribution in [2.75, 3.05) is 13.7 Å². The monoisotopic (exact) mass is 320 g/mol. The maximum Gasteiger partial charge on any atom is 0.269 e. The molecular formula is C16H17ClN2O3. The van der Waals surface area contributed by atoms with Crippen LogP contribution in [0.5, 0.6) is 5.75 Å².